The summed E-state index contributed by atoms with van der Waals surface area (Å²) in [5, 5.41) is 12.4. The molecule has 2 aromatic carbocycles. The molecule has 232 valence electrons. The maximum absolute atomic E-state index is 13.3. The van der Waals surface area contributed by atoms with Crippen LogP contribution in [0.3, 0.4) is 0 Å². The van der Waals surface area contributed by atoms with Gasteiger partial charge in [-0.25, -0.2) is 4.68 Å². The lowest BCUT2D eigenvalue weighted by molar-refractivity contribution is -0.134. The molecule has 0 aliphatic carbocycles. The van der Waals surface area contributed by atoms with E-state index in [-0.39, 0.29) is 43.7 Å². The van der Waals surface area contributed by atoms with Gasteiger partial charge in [-0.1, -0.05) is 65.9 Å². The lowest BCUT2D eigenvalue weighted by atomic mass is 10.0. The van der Waals surface area contributed by atoms with Crippen molar-refractivity contribution in [2.75, 3.05) is 26.3 Å². The molecule has 0 aliphatic heterocycles. The number of carbonyl (C=O) groups is 1. The Kier molecular flexibility index (Phi) is 10.8. The van der Waals surface area contributed by atoms with E-state index in [1.807, 2.05) is 32.0 Å². The average Bonchev–Trinajstić information content (AvgIpc) is 3.33. The normalized spacial score (nSPS) is 11.5. The van der Waals surface area contributed by atoms with Crippen molar-refractivity contribution in [3.05, 3.63) is 95.3 Å². The van der Waals surface area contributed by atoms with Crippen LogP contribution in [-0.2, 0) is 16.0 Å². The summed E-state index contributed by atoms with van der Waals surface area (Å²) in [7, 11) is 0. The summed E-state index contributed by atoms with van der Waals surface area (Å²) in [4.78, 5) is 31.6. The number of nitrogens with one attached hydrogen (secondary N) is 2. The van der Waals surface area contributed by atoms with E-state index in [9.17, 15) is 9.59 Å². The fourth-order valence-corrected chi connectivity index (χ4v) is 5.55. The minimum Gasteiger partial charge on any atom is -0.478 e. The maximum Gasteiger partial charge on any atom is 0.263 e. The Morgan fingerprint density at radius 2 is 1.82 bits per heavy atom. The van der Waals surface area contributed by atoms with Gasteiger partial charge in [-0.2, -0.15) is 5.10 Å². The average molecular weight is 661 g/mol. The molecule has 0 bridgehead atoms. The Morgan fingerprint density at radius 1 is 1.14 bits per heavy atom. The number of pyridine rings is 1. The number of aromatic nitrogens is 3. The SMILES string of the molecule is CC(C)c1nn(-c2c(Cl)cc(Cl)cc2Cl)c2cc(Cc3ccc(OC(C)(C)C(=O)NCCOCCN=[N+]=[N-])cc3)[nH]c(=O)c12. The van der Waals surface area contributed by atoms with Crippen LogP contribution in [0.4, 0.5) is 0 Å². The Morgan fingerprint density at radius 3 is 2.45 bits per heavy atom. The second-order valence-electron chi connectivity index (χ2n) is 10.8. The van der Waals surface area contributed by atoms with Crippen LogP contribution >= 0.6 is 34.8 Å². The topological polar surface area (TPSA) is 147 Å². The number of ether oxygens (including phenoxy) is 2. The van der Waals surface area contributed by atoms with Crippen molar-refractivity contribution >= 4 is 51.6 Å². The summed E-state index contributed by atoms with van der Waals surface area (Å²) in [6.07, 6.45) is 0.416. The highest BCUT2D eigenvalue weighted by atomic mass is 35.5. The van der Waals surface area contributed by atoms with E-state index in [1.165, 1.54) is 0 Å². The zero-order valence-electron chi connectivity index (χ0n) is 24.7. The number of rotatable bonds is 13. The van der Waals surface area contributed by atoms with Crippen molar-refractivity contribution in [2.45, 2.75) is 45.6 Å². The Balaban J connectivity index is 1.50. The van der Waals surface area contributed by atoms with Crippen LogP contribution in [0.1, 0.15) is 50.6 Å². The van der Waals surface area contributed by atoms with Gasteiger partial charge in [0.2, 0.25) is 0 Å². The lowest BCUT2D eigenvalue weighted by Gasteiger charge is -2.25. The molecule has 4 aromatic rings. The second-order valence-corrected chi connectivity index (χ2v) is 12.1. The predicted molar refractivity (Wildman–Crippen MR) is 173 cm³/mol. The number of benzene rings is 2. The van der Waals surface area contributed by atoms with Crippen LogP contribution in [0.25, 0.3) is 27.0 Å². The first-order valence-corrected chi connectivity index (χ1v) is 15.0. The van der Waals surface area contributed by atoms with Crippen LogP contribution in [-0.4, -0.2) is 52.6 Å². The second kappa shape index (κ2) is 14.4. The zero-order chi connectivity index (χ0) is 32.0. The Hall–Kier alpha value is -3.73. The first-order chi connectivity index (χ1) is 20.9. The molecular weight excluding hydrogens is 629 g/mol. The van der Waals surface area contributed by atoms with Crippen molar-refractivity contribution in [1.82, 2.24) is 20.1 Å². The van der Waals surface area contributed by atoms with Crippen LogP contribution < -0.4 is 15.6 Å². The summed E-state index contributed by atoms with van der Waals surface area (Å²) in [6, 6.07) is 12.3. The molecule has 2 N–H and O–H groups in total. The molecule has 0 radical (unpaired) electrons. The smallest absolute Gasteiger partial charge is 0.263 e. The van der Waals surface area contributed by atoms with Gasteiger partial charge in [-0.05, 0) is 61.2 Å². The summed E-state index contributed by atoms with van der Waals surface area (Å²) >= 11 is 19.2. The molecule has 44 heavy (non-hydrogen) atoms. The maximum atomic E-state index is 13.3. The first kappa shape index (κ1) is 33.2. The summed E-state index contributed by atoms with van der Waals surface area (Å²) in [5.41, 5.74) is 10.1. The lowest BCUT2D eigenvalue weighted by Crippen LogP contribution is -2.47. The van der Waals surface area contributed by atoms with E-state index in [0.717, 1.165) is 5.56 Å². The number of nitrogens with zero attached hydrogens (tertiary/aromatic N) is 5. The molecule has 0 spiro atoms. The molecule has 0 atom stereocenters. The molecule has 0 saturated heterocycles. The van der Waals surface area contributed by atoms with Crippen molar-refractivity contribution < 1.29 is 14.3 Å². The molecule has 0 saturated carbocycles. The van der Waals surface area contributed by atoms with Crippen molar-refractivity contribution in [2.24, 2.45) is 5.11 Å². The molecule has 0 aliphatic rings. The third-order valence-electron chi connectivity index (χ3n) is 6.67. The van der Waals surface area contributed by atoms with E-state index in [1.54, 1.807) is 42.8 Å². The van der Waals surface area contributed by atoms with Gasteiger partial charge < -0.3 is 19.8 Å². The molecular formula is C30H32Cl3N7O4. The number of hydrogen-bond donors (Lipinski definition) is 2. The van der Waals surface area contributed by atoms with Crippen LogP contribution in [0, 0.1) is 0 Å². The van der Waals surface area contributed by atoms with E-state index in [2.05, 4.69) is 20.3 Å². The molecule has 2 aromatic heterocycles. The molecule has 2 heterocycles. The van der Waals surface area contributed by atoms with Gasteiger partial charge in [0.05, 0.1) is 39.9 Å². The van der Waals surface area contributed by atoms with E-state index in [0.29, 0.717) is 55.2 Å². The van der Waals surface area contributed by atoms with E-state index in [4.69, 9.17) is 54.9 Å². The summed E-state index contributed by atoms with van der Waals surface area (Å²) in [6.45, 7) is 8.35. The highest BCUT2D eigenvalue weighted by Gasteiger charge is 2.29. The quantitative estimate of drug-likeness (QED) is 0.0687. The third kappa shape index (κ3) is 7.85. The van der Waals surface area contributed by atoms with Crippen LogP contribution in [0.2, 0.25) is 15.1 Å². The van der Waals surface area contributed by atoms with E-state index < -0.39 is 5.60 Å². The van der Waals surface area contributed by atoms with Gasteiger partial charge in [0, 0.05) is 35.1 Å². The van der Waals surface area contributed by atoms with Crippen molar-refractivity contribution in [3.8, 4) is 11.4 Å². The molecule has 0 fully saturated rings. The highest BCUT2D eigenvalue weighted by molar-refractivity contribution is 6.40. The molecule has 4 rings (SSSR count). The minimum atomic E-state index is -1.14. The number of amides is 1. The summed E-state index contributed by atoms with van der Waals surface area (Å²) in [5.74, 6) is 0.178. The first-order valence-electron chi connectivity index (χ1n) is 13.9. The number of aromatic amines is 1. The van der Waals surface area contributed by atoms with Gasteiger partial charge in [-0.3, -0.25) is 9.59 Å². The summed E-state index contributed by atoms with van der Waals surface area (Å²) < 4.78 is 12.9. The molecule has 0 unspecified atom stereocenters. The molecule has 14 heteroatoms. The zero-order valence-corrected chi connectivity index (χ0v) is 26.9. The predicted octanol–water partition coefficient (Wildman–Crippen LogP) is 6.99. The largest absolute Gasteiger partial charge is 0.478 e. The van der Waals surface area contributed by atoms with Gasteiger partial charge in [0.1, 0.15) is 11.4 Å². The Bertz CT molecular complexity index is 1740. The van der Waals surface area contributed by atoms with Gasteiger partial charge in [-0.15, -0.1) is 0 Å². The van der Waals surface area contributed by atoms with Crippen molar-refractivity contribution in [3.63, 3.8) is 0 Å². The number of azide groups is 1. The monoisotopic (exact) mass is 659 g/mol. The number of halogens is 3. The standard InChI is InChI=1S/C30H32Cl3N7O4/c1-17(2)26-25-24(40(38-26)27-22(32)14-19(31)15-23(27)33)16-20(37-28(25)41)13-18-5-7-21(8-6-18)44-30(3,4)29(42)35-9-11-43-12-10-36-39-34/h5-8,14-17H,9-13H2,1-4H3,(H,35,42)(H,37,41). The molecule has 1 amide bonds. The van der Waals surface area contributed by atoms with Crippen LogP contribution in [0.15, 0.2) is 52.4 Å². The Labute approximate surface area is 269 Å². The number of hydrogen-bond acceptors (Lipinski definition) is 6. The van der Waals surface area contributed by atoms with Gasteiger partial charge >= 0.3 is 0 Å². The number of H-pyrrole nitrogens is 1. The third-order valence-corrected chi connectivity index (χ3v) is 7.46. The van der Waals surface area contributed by atoms with Crippen molar-refractivity contribution in [1.29, 1.82) is 0 Å². The fraction of sp³-hybridized carbons (Fsp3) is 0.367. The van der Waals surface area contributed by atoms with Gasteiger partial charge in [0.15, 0.2) is 5.60 Å². The van der Waals surface area contributed by atoms with E-state index >= 15 is 0 Å². The highest BCUT2D eigenvalue weighted by Crippen LogP contribution is 2.35. The van der Waals surface area contributed by atoms with Crippen LogP contribution in [0.5, 0.6) is 5.75 Å². The molecule has 11 nitrogen and oxygen atoms in total. The number of carbonyl (C=O) groups excluding carboxylic acids is 1. The minimum absolute atomic E-state index is 0.0295. The fourth-order valence-electron chi connectivity index (χ4n) is 4.57. The number of fused-ring (bicyclic) bond motifs is 1. The van der Waals surface area contributed by atoms with Gasteiger partial charge in [0.25, 0.3) is 11.5 Å².